The number of pyridine rings is 1. The molecule has 0 atom stereocenters. The Labute approximate surface area is 84.1 Å². The second kappa shape index (κ2) is 3.05. The highest BCUT2D eigenvalue weighted by Gasteiger charge is 2.00. The fourth-order valence-corrected chi connectivity index (χ4v) is 1.75. The maximum atomic E-state index is 11.0. The second-order valence-corrected chi connectivity index (χ2v) is 3.52. The molecule has 0 amide bonds. The van der Waals surface area contributed by atoms with Crippen molar-refractivity contribution in [1.29, 1.82) is 0 Å². The van der Waals surface area contributed by atoms with Crippen LogP contribution in [0.4, 0.5) is 0 Å². The van der Waals surface area contributed by atoms with Gasteiger partial charge in [0.15, 0.2) is 0 Å². The van der Waals surface area contributed by atoms with Crippen LogP contribution in [-0.4, -0.2) is 4.98 Å². The molecule has 0 saturated carbocycles. The minimum atomic E-state index is -0.161. The molecule has 0 aliphatic carbocycles. The molecule has 0 spiro atoms. The Bertz CT molecular complexity index is 518. The molecule has 1 heterocycles. The maximum absolute atomic E-state index is 11.0. The zero-order valence-electron chi connectivity index (χ0n) is 6.47. The highest BCUT2D eigenvalue weighted by atomic mass is 35.5. The maximum Gasteiger partial charge on any atom is 0.248 e. The summed E-state index contributed by atoms with van der Waals surface area (Å²) in [6.45, 7) is 0. The van der Waals surface area contributed by atoms with Gasteiger partial charge >= 0.3 is 0 Å². The van der Waals surface area contributed by atoms with Crippen molar-refractivity contribution >= 4 is 34.1 Å². The van der Waals surface area contributed by atoms with Crippen molar-refractivity contribution in [3.05, 3.63) is 44.7 Å². The van der Waals surface area contributed by atoms with E-state index in [9.17, 15) is 4.79 Å². The normalized spacial score (nSPS) is 10.6. The zero-order chi connectivity index (χ0) is 9.42. The van der Waals surface area contributed by atoms with Crippen LogP contribution in [-0.2, 0) is 0 Å². The predicted molar refractivity (Wildman–Crippen MR) is 54.6 cm³/mol. The van der Waals surface area contributed by atoms with Gasteiger partial charge in [0, 0.05) is 16.5 Å². The van der Waals surface area contributed by atoms with Gasteiger partial charge in [-0.15, -0.1) is 0 Å². The third-order valence-electron chi connectivity index (χ3n) is 1.75. The molecule has 0 saturated heterocycles. The smallest absolute Gasteiger partial charge is 0.248 e. The minimum Gasteiger partial charge on any atom is -0.322 e. The van der Waals surface area contributed by atoms with Crippen molar-refractivity contribution in [2.45, 2.75) is 0 Å². The number of aromatic nitrogens is 1. The molecule has 2 rings (SSSR count). The zero-order valence-corrected chi connectivity index (χ0v) is 7.99. The molecule has 0 aliphatic rings. The van der Waals surface area contributed by atoms with Crippen LogP contribution in [0.25, 0.3) is 10.9 Å². The molecule has 66 valence electrons. The van der Waals surface area contributed by atoms with E-state index in [1.165, 1.54) is 6.07 Å². The van der Waals surface area contributed by atoms with Gasteiger partial charge in [-0.1, -0.05) is 23.2 Å². The van der Waals surface area contributed by atoms with Crippen LogP contribution in [0.2, 0.25) is 10.0 Å². The summed E-state index contributed by atoms with van der Waals surface area (Å²) in [7, 11) is 0. The van der Waals surface area contributed by atoms with Crippen LogP contribution >= 0.6 is 23.2 Å². The Morgan fingerprint density at radius 1 is 1.15 bits per heavy atom. The third kappa shape index (κ3) is 1.55. The van der Waals surface area contributed by atoms with Gasteiger partial charge in [-0.2, -0.15) is 0 Å². The summed E-state index contributed by atoms with van der Waals surface area (Å²) in [5.41, 5.74) is 0.496. The van der Waals surface area contributed by atoms with Gasteiger partial charge in [0.2, 0.25) is 5.56 Å². The SMILES string of the molecule is O=c1ccc2c(Cl)cc(Cl)cc2[nH]1. The molecule has 0 unspecified atom stereocenters. The average Bonchev–Trinajstić information content (AvgIpc) is 2.02. The Hall–Kier alpha value is -0.990. The van der Waals surface area contributed by atoms with Gasteiger partial charge in [-0.25, -0.2) is 0 Å². The Kier molecular flexibility index (Phi) is 2.02. The number of halogens is 2. The summed E-state index contributed by atoms with van der Waals surface area (Å²) < 4.78 is 0. The van der Waals surface area contributed by atoms with Gasteiger partial charge < -0.3 is 4.98 Å². The van der Waals surface area contributed by atoms with Crippen LogP contribution in [0, 0.1) is 0 Å². The van der Waals surface area contributed by atoms with E-state index in [1.807, 2.05) is 0 Å². The first-order chi connectivity index (χ1) is 6.16. The lowest BCUT2D eigenvalue weighted by atomic mass is 10.2. The fourth-order valence-electron chi connectivity index (χ4n) is 1.19. The van der Waals surface area contributed by atoms with Crippen molar-refractivity contribution < 1.29 is 0 Å². The highest BCUT2D eigenvalue weighted by Crippen LogP contribution is 2.25. The predicted octanol–water partition coefficient (Wildman–Crippen LogP) is 2.83. The molecule has 4 heteroatoms. The number of hydrogen-bond donors (Lipinski definition) is 1. The third-order valence-corrected chi connectivity index (χ3v) is 2.28. The monoisotopic (exact) mass is 213 g/mol. The molecule has 2 nitrogen and oxygen atoms in total. The lowest BCUT2D eigenvalue weighted by molar-refractivity contribution is 1.31. The molecule has 0 aliphatic heterocycles. The summed E-state index contributed by atoms with van der Waals surface area (Å²) in [5, 5.41) is 1.85. The fraction of sp³-hybridized carbons (Fsp3) is 0. The number of hydrogen-bond acceptors (Lipinski definition) is 1. The van der Waals surface area contributed by atoms with E-state index >= 15 is 0 Å². The number of H-pyrrole nitrogens is 1. The molecular formula is C9H5Cl2NO. The Balaban J connectivity index is 2.94. The summed E-state index contributed by atoms with van der Waals surface area (Å²) in [5.74, 6) is 0. The minimum absolute atomic E-state index is 0.161. The van der Waals surface area contributed by atoms with Crippen LogP contribution in [0.5, 0.6) is 0 Å². The second-order valence-electron chi connectivity index (χ2n) is 2.67. The first-order valence-corrected chi connectivity index (χ1v) is 4.40. The standard InChI is InChI=1S/C9H5Cl2NO/c10-5-3-7(11)6-1-2-9(13)12-8(6)4-5/h1-4H,(H,12,13). The van der Waals surface area contributed by atoms with Crippen molar-refractivity contribution in [2.24, 2.45) is 0 Å². The number of aromatic amines is 1. The number of fused-ring (bicyclic) bond motifs is 1. The summed E-state index contributed by atoms with van der Waals surface area (Å²) >= 11 is 11.7. The molecule has 1 aromatic carbocycles. The number of rotatable bonds is 0. The molecule has 0 radical (unpaired) electrons. The van der Waals surface area contributed by atoms with Gasteiger partial charge in [0.05, 0.1) is 10.5 Å². The molecule has 2 aromatic rings. The molecule has 1 N–H and O–H groups in total. The van der Waals surface area contributed by atoms with E-state index in [-0.39, 0.29) is 5.56 Å². The van der Waals surface area contributed by atoms with E-state index in [4.69, 9.17) is 23.2 Å². The molecule has 0 bridgehead atoms. The molecule has 0 fully saturated rings. The van der Waals surface area contributed by atoms with Crippen LogP contribution in [0.15, 0.2) is 29.1 Å². The van der Waals surface area contributed by atoms with E-state index in [1.54, 1.807) is 18.2 Å². The van der Waals surface area contributed by atoms with E-state index < -0.39 is 0 Å². The summed E-state index contributed by atoms with van der Waals surface area (Å²) in [4.78, 5) is 13.6. The average molecular weight is 214 g/mol. The van der Waals surface area contributed by atoms with Crippen molar-refractivity contribution in [2.75, 3.05) is 0 Å². The summed E-state index contributed by atoms with van der Waals surface area (Å²) in [6, 6.07) is 6.42. The molecule has 13 heavy (non-hydrogen) atoms. The van der Waals surface area contributed by atoms with Gasteiger partial charge in [-0.3, -0.25) is 4.79 Å². The van der Waals surface area contributed by atoms with Gasteiger partial charge in [0.1, 0.15) is 0 Å². The van der Waals surface area contributed by atoms with Gasteiger partial charge in [0.25, 0.3) is 0 Å². The number of benzene rings is 1. The first kappa shape index (κ1) is 8.60. The van der Waals surface area contributed by atoms with Crippen molar-refractivity contribution in [1.82, 2.24) is 4.98 Å². The Morgan fingerprint density at radius 2 is 1.92 bits per heavy atom. The summed E-state index contributed by atoms with van der Waals surface area (Å²) in [6.07, 6.45) is 0. The lowest BCUT2D eigenvalue weighted by Crippen LogP contribution is -2.02. The largest absolute Gasteiger partial charge is 0.322 e. The molecule has 1 aromatic heterocycles. The van der Waals surface area contributed by atoms with Crippen LogP contribution < -0.4 is 5.56 Å². The van der Waals surface area contributed by atoms with Crippen molar-refractivity contribution in [3.8, 4) is 0 Å². The molecular weight excluding hydrogens is 209 g/mol. The van der Waals surface area contributed by atoms with Crippen LogP contribution in [0.1, 0.15) is 0 Å². The first-order valence-electron chi connectivity index (χ1n) is 3.65. The number of nitrogens with one attached hydrogen (secondary N) is 1. The van der Waals surface area contributed by atoms with Crippen LogP contribution in [0.3, 0.4) is 0 Å². The van der Waals surface area contributed by atoms with E-state index in [0.29, 0.717) is 15.6 Å². The van der Waals surface area contributed by atoms with Crippen molar-refractivity contribution in [3.63, 3.8) is 0 Å². The van der Waals surface area contributed by atoms with E-state index in [0.717, 1.165) is 5.39 Å². The topological polar surface area (TPSA) is 32.9 Å². The van der Waals surface area contributed by atoms with E-state index in [2.05, 4.69) is 4.98 Å². The van der Waals surface area contributed by atoms with Gasteiger partial charge in [-0.05, 0) is 18.2 Å². The highest BCUT2D eigenvalue weighted by molar-refractivity contribution is 6.38. The quantitative estimate of drug-likeness (QED) is 0.718. The lowest BCUT2D eigenvalue weighted by Gasteiger charge is -1.99. The Morgan fingerprint density at radius 3 is 2.69 bits per heavy atom.